The lowest BCUT2D eigenvalue weighted by Crippen LogP contribution is -1.97. The van der Waals surface area contributed by atoms with Crippen LogP contribution < -0.4 is 4.74 Å². The maximum Gasteiger partial charge on any atom is 0.316 e. The average molecular weight is 176 g/mol. The van der Waals surface area contributed by atoms with E-state index in [1.54, 1.807) is 24.7 Å². The molecule has 0 aliphatic heterocycles. The first kappa shape index (κ1) is 7.79. The van der Waals surface area contributed by atoms with E-state index in [1.165, 1.54) is 0 Å². The van der Waals surface area contributed by atoms with Gasteiger partial charge in [0.05, 0.1) is 6.26 Å². The Labute approximate surface area is 75.2 Å². The molecular formula is C9H8N2O2. The normalized spacial score (nSPS) is 9.85. The number of hydrogen-bond donors (Lipinski definition) is 0. The third-order valence-corrected chi connectivity index (χ3v) is 1.47. The summed E-state index contributed by atoms with van der Waals surface area (Å²) in [5.41, 5.74) is 0. The van der Waals surface area contributed by atoms with Crippen molar-refractivity contribution in [2.24, 2.45) is 0 Å². The maximum absolute atomic E-state index is 5.23. The smallest absolute Gasteiger partial charge is 0.316 e. The molecule has 0 unspecified atom stereocenters. The summed E-state index contributed by atoms with van der Waals surface area (Å²) in [7, 11) is 0. The lowest BCUT2D eigenvalue weighted by molar-refractivity contribution is 0.250. The van der Waals surface area contributed by atoms with Crippen LogP contribution in [-0.2, 0) is 6.61 Å². The predicted molar refractivity (Wildman–Crippen MR) is 45.1 cm³/mol. The molecule has 0 N–H and O–H groups in total. The quantitative estimate of drug-likeness (QED) is 0.713. The third-order valence-electron chi connectivity index (χ3n) is 1.47. The molecule has 2 heterocycles. The van der Waals surface area contributed by atoms with Crippen LogP contribution in [-0.4, -0.2) is 9.97 Å². The minimum atomic E-state index is 0.358. The van der Waals surface area contributed by atoms with Crippen molar-refractivity contribution in [3.05, 3.63) is 42.6 Å². The molecule has 13 heavy (non-hydrogen) atoms. The molecule has 0 saturated heterocycles. The Kier molecular flexibility index (Phi) is 2.22. The van der Waals surface area contributed by atoms with Crippen molar-refractivity contribution in [3.8, 4) is 6.01 Å². The van der Waals surface area contributed by atoms with Crippen molar-refractivity contribution in [2.45, 2.75) is 6.61 Å². The number of hydrogen-bond acceptors (Lipinski definition) is 4. The monoisotopic (exact) mass is 176 g/mol. The second-order valence-corrected chi connectivity index (χ2v) is 2.40. The Balaban J connectivity index is 1.94. The molecule has 0 spiro atoms. The largest absolute Gasteiger partial charge is 0.466 e. The molecule has 0 radical (unpaired) electrons. The summed E-state index contributed by atoms with van der Waals surface area (Å²) in [6, 6.07) is 5.74. The third kappa shape index (κ3) is 2.05. The van der Waals surface area contributed by atoms with E-state index in [-0.39, 0.29) is 0 Å². The zero-order chi connectivity index (χ0) is 8.93. The van der Waals surface area contributed by atoms with Crippen LogP contribution in [0.25, 0.3) is 0 Å². The van der Waals surface area contributed by atoms with Gasteiger partial charge in [0.2, 0.25) is 0 Å². The fourth-order valence-electron chi connectivity index (χ4n) is 0.890. The zero-order valence-electron chi connectivity index (χ0n) is 6.88. The van der Waals surface area contributed by atoms with Gasteiger partial charge in [-0.05, 0) is 18.2 Å². The van der Waals surface area contributed by atoms with Gasteiger partial charge in [0.1, 0.15) is 12.4 Å². The van der Waals surface area contributed by atoms with Crippen molar-refractivity contribution >= 4 is 0 Å². The van der Waals surface area contributed by atoms with Crippen molar-refractivity contribution in [1.29, 1.82) is 0 Å². The molecule has 2 aromatic rings. The van der Waals surface area contributed by atoms with Crippen LogP contribution >= 0.6 is 0 Å². The van der Waals surface area contributed by atoms with Crippen LogP contribution in [0.5, 0.6) is 6.01 Å². The van der Waals surface area contributed by atoms with Gasteiger partial charge in [0.15, 0.2) is 0 Å². The Morgan fingerprint density at radius 1 is 1.23 bits per heavy atom. The maximum atomic E-state index is 5.23. The fraction of sp³-hybridized carbons (Fsp3) is 0.111. The van der Waals surface area contributed by atoms with Crippen LogP contribution in [0.2, 0.25) is 0 Å². The molecule has 0 aliphatic rings. The second kappa shape index (κ2) is 3.71. The molecule has 0 bridgehead atoms. The van der Waals surface area contributed by atoms with Gasteiger partial charge in [-0.2, -0.15) is 0 Å². The van der Waals surface area contributed by atoms with Crippen molar-refractivity contribution in [3.63, 3.8) is 0 Å². The number of rotatable bonds is 3. The Bertz CT molecular complexity index is 345. The van der Waals surface area contributed by atoms with E-state index in [4.69, 9.17) is 9.15 Å². The van der Waals surface area contributed by atoms with E-state index in [0.717, 1.165) is 5.76 Å². The van der Waals surface area contributed by atoms with E-state index in [9.17, 15) is 0 Å². The van der Waals surface area contributed by atoms with Crippen LogP contribution in [0.4, 0.5) is 0 Å². The standard InChI is InChI=1S/C9H8N2O2/c1-3-8(12-6-1)7-13-9-10-4-2-5-11-9/h1-6H,7H2. The second-order valence-electron chi connectivity index (χ2n) is 2.40. The minimum absolute atomic E-state index is 0.358. The van der Waals surface area contributed by atoms with Gasteiger partial charge in [-0.1, -0.05) is 0 Å². The highest BCUT2D eigenvalue weighted by Gasteiger charge is 1.98. The lowest BCUT2D eigenvalue weighted by Gasteiger charge is -1.99. The highest BCUT2D eigenvalue weighted by atomic mass is 16.5. The van der Waals surface area contributed by atoms with Gasteiger partial charge in [-0.3, -0.25) is 0 Å². The Morgan fingerprint density at radius 2 is 2.08 bits per heavy atom. The molecule has 2 rings (SSSR count). The van der Waals surface area contributed by atoms with Gasteiger partial charge in [-0.15, -0.1) is 0 Å². The molecule has 4 nitrogen and oxygen atoms in total. The molecule has 4 heteroatoms. The van der Waals surface area contributed by atoms with E-state index in [2.05, 4.69) is 9.97 Å². The molecule has 0 aliphatic carbocycles. The SMILES string of the molecule is c1cnc(OCc2ccco2)nc1. The highest BCUT2D eigenvalue weighted by molar-refractivity contribution is 4.99. The summed E-state index contributed by atoms with van der Waals surface area (Å²) in [6.07, 6.45) is 4.86. The van der Waals surface area contributed by atoms with Crippen LogP contribution in [0.15, 0.2) is 41.3 Å². The van der Waals surface area contributed by atoms with E-state index < -0.39 is 0 Å². The molecule has 0 aromatic carbocycles. The molecule has 0 atom stereocenters. The molecule has 0 saturated carbocycles. The van der Waals surface area contributed by atoms with Crippen LogP contribution in [0.1, 0.15) is 5.76 Å². The number of furan rings is 1. The summed E-state index contributed by atoms with van der Waals surface area (Å²) in [6.45, 7) is 0.358. The Hall–Kier alpha value is -1.84. The van der Waals surface area contributed by atoms with Crippen molar-refractivity contribution in [2.75, 3.05) is 0 Å². The van der Waals surface area contributed by atoms with Gasteiger partial charge < -0.3 is 9.15 Å². The molecule has 66 valence electrons. The van der Waals surface area contributed by atoms with Gasteiger partial charge >= 0.3 is 6.01 Å². The van der Waals surface area contributed by atoms with E-state index >= 15 is 0 Å². The van der Waals surface area contributed by atoms with Crippen LogP contribution in [0.3, 0.4) is 0 Å². The summed E-state index contributed by atoms with van der Waals surface area (Å²) >= 11 is 0. The summed E-state index contributed by atoms with van der Waals surface area (Å²) < 4.78 is 10.3. The van der Waals surface area contributed by atoms with E-state index in [1.807, 2.05) is 12.1 Å². The highest BCUT2D eigenvalue weighted by Crippen LogP contribution is 2.04. The first-order chi connectivity index (χ1) is 6.45. The van der Waals surface area contributed by atoms with E-state index in [0.29, 0.717) is 12.6 Å². The zero-order valence-corrected chi connectivity index (χ0v) is 6.88. The summed E-state index contributed by atoms with van der Waals surface area (Å²) in [5.74, 6) is 0.757. The van der Waals surface area contributed by atoms with Crippen molar-refractivity contribution < 1.29 is 9.15 Å². The topological polar surface area (TPSA) is 48.2 Å². The molecule has 2 aromatic heterocycles. The molecule has 0 fully saturated rings. The van der Waals surface area contributed by atoms with Crippen molar-refractivity contribution in [1.82, 2.24) is 9.97 Å². The van der Waals surface area contributed by atoms with Gasteiger partial charge in [-0.25, -0.2) is 9.97 Å². The first-order valence-electron chi connectivity index (χ1n) is 3.87. The number of nitrogens with zero attached hydrogens (tertiary/aromatic N) is 2. The van der Waals surface area contributed by atoms with Crippen LogP contribution in [0, 0.1) is 0 Å². The number of aromatic nitrogens is 2. The Morgan fingerprint density at radius 3 is 2.77 bits per heavy atom. The number of ether oxygens (including phenoxy) is 1. The lowest BCUT2D eigenvalue weighted by atomic mass is 10.5. The molecule has 0 amide bonds. The average Bonchev–Trinajstić information content (AvgIpc) is 2.69. The summed E-state index contributed by atoms with van der Waals surface area (Å²) in [5, 5.41) is 0. The minimum Gasteiger partial charge on any atom is -0.466 e. The summed E-state index contributed by atoms with van der Waals surface area (Å²) in [4.78, 5) is 7.81. The predicted octanol–water partition coefficient (Wildman–Crippen LogP) is 1.65. The molecular weight excluding hydrogens is 168 g/mol. The first-order valence-corrected chi connectivity index (χ1v) is 3.87. The van der Waals surface area contributed by atoms with Gasteiger partial charge in [0.25, 0.3) is 0 Å². The van der Waals surface area contributed by atoms with Gasteiger partial charge in [0, 0.05) is 12.4 Å². The fourth-order valence-corrected chi connectivity index (χ4v) is 0.890.